The number of hydrogen-bond donors (Lipinski definition) is 3. The maximum Gasteiger partial charge on any atom is 0.144 e. The highest BCUT2D eigenvalue weighted by molar-refractivity contribution is 5.85. The Morgan fingerprint density at radius 3 is 2.40 bits per heavy atom. The second-order valence-corrected chi connectivity index (χ2v) is 2.84. The number of oxime groups is 1. The molecule has 0 atom stereocenters. The van der Waals surface area contributed by atoms with Gasteiger partial charge in [-0.3, -0.25) is 0 Å². The van der Waals surface area contributed by atoms with E-state index < -0.39 is 5.41 Å². The topological polar surface area (TPSA) is 78.8 Å². The zero-order valence-corrected chi connectivity index (χ0v) is 6.33. The van der Waals surface area contributed by atoms with Crippen LogP contribution in [0.4, 0.5) is 0 Å². The van der Waals surface area contributed by atoms with Crippen LogP contribution in [-0.4, -0.2) is 22.8 Å². The molecule has 0 fully saturated rings. The third-order valence-corrected chi connectivity index (χ3v) is 1.54. The molecule has 0 bridgehead atoms. The minimum absolute atomic E-state index is 0.0449. The van der Waals surface area contributed by atoms with Crippen LogP contribution in [-0.2, 0) is 0 Å². The molecule has 0 rings (SSSR count). The Balaban J connectivity index is 4.10. The van der Waals surface area contributed by atoms with Gasteiger partial charge in [-0.1, -0.05) is 19.0 Å². The average Bonchev–Trinajstić information content (AvgIpc) is 1.86. The molecule has 0 unspecified atom stereocenters. The van der Waals surface area contributed by atoms with Crippen molar-refractivity contribution < 1.29 is 10.3 Å². The van der Waals surface area contributed by atoms with Crippen LogP contribution in [0.25, 0.3) is 0 Å². The van der Waals surface area contributed by atoms with Crippen molar-refractivity contribution in [3.05, 3.63) is 0 Å². The molecular weight excluding hydrogens is 132 g/mol. The zero-order valence-electron chi connectivity index (χ0n) is 6.33. The second-order valence-electron chi connectivity index (χ2n) is 2.84. The van der Waals surface area contributed by atoms with Gasteiger partial charge in [0.15, 0.2) is 0 Å². The molecule has 10 heavy (non-hydrogen) atoms. The van der Waals surface area contributed by atoms with Crippen LogP contribution in [0.5, 0.6) is 0 Å². The highest BCUT2D eigenvalue weighted by Crippen LogP contribution is 2.18. The van der Waals surface area contributed by atoms with E-state index >= 15 is 0 Å². The molecule has 0 spiro atoms. The molecule has 0 aliphatic carbocycles. The predicted molar refractivity (Wildman–Crippen MR) is 38.9 cm³/mol. The average molecular weight is 146 g/mol. The first-order valence-electron chi connectivity index (χ1n) is 3.13. The minimum atomic E-state index is -0.413. The summed E-state index contributed by atoms with van der Waals surface area (Å²) >= 11 is 0. The van der Waals surface area contributed by atoms with E-state index in [9.17, 15) is 0 Å². The summed E-state index contributed by atoms with van der Waals surface area (Å²) in [5.74, 6) is 0.154. The van der Waals surface area contributed by atoms with E-state index in [0.29, 0.717) is 6.42 Å². The van der Waals surface area contributed by atoms with Crippen molar-refractivity contribution in [1.82, 2.24) is 0 Å². The number of rotatable bonds is 3. The maximum atomic E-state index is 8.55. The molecule has 0 aromatic heterocycles. The van der Waals surface area contributed by atoms with Gasteiger partial charge in [-0.05, 0) is 6.42 Å². The molecule has 0 aliphatic heterocycles. The molecule has 4 N–H and O–H groups in total. The first-order chi connectivity index (χ1) is 4.54. The summed E-state index contributed by atoms with van der Waals surface area (Å²) in [7, 11) is 0. The Kier molecular flexibility index (Phi) is 3.15. The first-order valence-corrected chi connectivity index (χ1v) is 3.13. The Bertz CT molecular complexity index is 132. The van der Waals surface area contributed by atoms with Crippen molar-refractivity contribution in [3.63, 3.8) is 0 Å². The number of hydrogen-bond acceptors (Lipinski definition) is 3. The fourth-order valence-corrected chi connectivity index (χ4v) is 0.543. The van der Waals surface area contributed by atoms with Gasteiger partial charge in [-0.25, -0.2) is 0 Å². The van der Waals surface area contributed by atoms with Crippen LogP contribution in [0.1, 0.15) is 20.3 Å². The lowest BCUT2D eigenvalue weighted by atomic mass is 9.89. The first kappa shape index (κ1) is 9.23. The van der Waals surface area contributed by atoms with Crippen LogP contribution in [0.15, 0.2) is 5.16 Å². The van der Waals surface area contributed by atoms with E-state index in [1.807, 2.05) is 0 Å². The summed E-state index contributed by atoms with van der Waals surface area (Å²) in [5.41, 5.74) is 4.91. The van der Waals surface area contributed by atoms with Crippen molar-refractivity contribution in [2.24, 2.45) is 16.3 Å². The molecule has 0 saturated heterocycles. The maximum absolute atomic E-state index is 8.55. The normalized spacial score (nSPS) is 13.7. The quantitative estimate of drug-likeness (QED) is 0.229. The number of amidine groups is 1. The highest BCUT2D eigenvalue weighted by Gasteiger charge is 2.22. The van der Waals surface area contributed by atoms with Gasteiger partial charge in [0.05, 0.1) is 0 Å². The fourth-order valence-electron chi connectivity index (χ4n) is 0.543. The summed E-state index contributed by atoms with van der Waals surface area (Å²) in [5, 5.41) is 19.7. The van der Waals surface area contributed by atoms with Crippen molar-refractivity contribution in [2.45, 2.75) is 20.3 Å². The van der Waals surface area contributed by atoms with Gasteiger partial charge >= 0.3 is 0 Å². The molecule has 4 nitrogen and oxygen atoms in total. The van der Waals surface area contributed by atoms with Crippen molar-refractivity contribution in [3.8, 4) is 0 Å². The Morgan fingerprint density at radius 1 is 1.60 bits per heavy atom. The fraction of sp³-hybridized carbons (Fsp3) is 0.833. The Morgan fingerprint density at radius 2 is 2.10 bits per heavy atom. The Hall–Kier alpha value is -0.770. The molecule has 0 aliphatic rings. The highest BCUT2D eigenvalue weighted by atomic mass is 16.4. The molecule has 4 heteroatoms. The molecule has 0 radical (unpaired) electrons. The largest absolute Gasteiger partial charge is 0.409 e. The monoisotopic (exact) mass is 146 g/mol. The molecule has 0 heterocycles. The number of aliphatic hydroxyl groups is 1. The van der Waals surface area contributed by atoms with E-state index in [-0.39, 0.29) is 12.4 Å². The van der Waals surface area contributed by atoms with Crippen LogP contribution < -0.4 is 5.73 Å². The van der Waals surface area contributed by atoms with Gasteiger partial charge in [0.25, 0.3) is 0 Å². The molecule has 0 saturated carbocycles. The van der Waals surface area contributed by atoms with E-state index in [0.717, 1.165) is 0 Å². The van der Waals surface area contributed by atoms with Crippen LogP contribution in [0, 0.1) is 5.41 Å². The number of nitrogens with zero attached hydrogens (tertiary/aromatic N) is 1. The molecule has 0 aromatic rings. The van der Waals surface area contributed by atoms with Gasteiger partial charge in [-0.2, -0.15) is 0 Å². The van der Waals surface area contributed by atoms with Crippen molar-refractivity contribution in [1.29, 1.82) is 0 Å². The van der Waals surface area contributed by atoms with Gasteiger partial charge in [0.1, 0.15) is 5.84 Å². The number of nitrogens with two attached hydrogens (primary N) is 1. The van der Waals surface area contributed by atoms with Gasteiger partial charge < -0.3 is 16.0 Å². The van der Waals surface area contributed by atoms with Crippen LogP contribution in [0.2, 0.25) is 0 Å². The second kappa shape index (κ2) is 3.41. The summed E-state index contributed by atoms with van der Waals surface area (Å²) in [6.45, 7) is 3.65. The van der Waals surface area contributed by atoms with Gasteiger partial charge in [0, 0.05) is 12.0 Å². The van der Waals surface area contributed by atoms with Gasteiger partial charge in [-0.15, -0.1) is 0 Å². The van der Waals surface area contributed by atoms with E-state index in [1.54, 1.807) is 13.8 Å². The molecule has 0 amide bonds. The minimum Gasteiger partial charge on any atom is -0.409 e. The Labute approximate surface area is 60.3 Å². The lowest BCUT2D eigenvalue weighted by Gasteiger charge is -2.20. The summed E-state index contributed by atoms with van der Waals surface area (Å²) in [6.07, 6.45) is 0.503. The van der Waals surface area contributed by atoms with Crippen LogP contribution >= 0.6 is 0 Å². The summed E-state index contributed by atoms with van der Waals surface area (Å²) in [4.78, 5) is 0. The van der Waals surface area contributed by atoms with E-state index in [1.165, 1.54) is 0 Å². The summed E-state index contributed by atoms with van der Waals surface area (Å²) < 4.78 is 0. The lowest BCUT2D eigenvalue weighted by molar-refractivity contribution is 0.242. The van der Waals surface area contributed by atoms with Crippen LogP contribution in [0.3, 0.4) is 0 Å². The molecule has 60 valence electrons. The van der Waals surface area contributed by atoms with E-state index in [4.69, 9.17) is 16.0 Å². The zero-order chi connectivity index (χ0) is 8.20. The van der Waals surface area contributed by atoms with E-state index in [2.05, 4.69) is 5.16 Å². The van der Waals surface area contributed by atoms with Gasteiger partial charge in [0.2, 0.25) is 0 Å². The molecular formula is C6H14N2O2. The number of aliphatic hydroxyl groups excluding tert-OH is 1. The third-order valence-electron chi connectivity index (χ3n) is 1.54. The third kappa shape index (κ3) is 2.23. The molecule has 0 aromatic carbocycles. The SMILES string of the molecule is CC(C)(CCO)C(N)=NO. The summed E-state index contributed by atoms with van der Waals surface area (Å²) in [6, 6.07) is 0. The predicted octanol–water partition coefficient (Wildman–Crippen LogP) is 0.141. The standard InChI is InChI=1S/C6H14N2O2/c1-6(2,3-4-9)5(7)8-10/h9-10H,3-4H2,1-2H3,(H2,7,8). The lowest BCUT2D eigenvalue weighted by Crippen LogP contribution is -2.32. The van der Waals surface area contributed by atoms with Crippen molar-refractivity contribution in [2.75, 3.05) is 6.61 Å². The smallest absolute Gasteiger partial charge is 0.144 e. The van der Waals surface area contributed by atoms with Crippen molar-refractivity contribution >= 4 is 5.84 Å².